The van der Waals surface area contributed by atoms with Crippen LogP contribution in [0, 0.1) is 5.82 Å². The summed E-state index contributed by atoms with van der Waals surface area (Å²) in [5, 5.41) is 0.156. The molecule has 0 amide bonds. The van der Waals surface area contributed by atoms with Crippen molar-refractivity contribution < 1.29 is 4.39 Å². The van der Waals surface area contributed by atoms with Crippen molar-refractivity contribution in [2.24, 2.45) is 7.05 Å². The first-order valence-corrected chi connectivity index (χ1v) is 4.63. The van der Waals surface area contributed by atoms with Crippen LogP contribution < -0.4 is 0 Å². The Morgan fingerprint density at radius 3 is 2.64 bits per heavy atom. The van der Waals surface area contributed by atoms with Gasteiger partial charge < -0.3 is 4.57 Å². The van der Waals surface area contributed by atoms with E-state index in [0.29, 0.717) is 0 Å². The summed E-state index contributed by atoms with van der Waals surface area (Å²) in [6, 6.07) is 8.63. The largest absolute Gasteiger partial charge is 0.351 e. The second-order valence-electron chi connectivity index (χ2n) is 3.13. The average molecular weight is 210 g/mol. The fourth-order valence-corrected chi connectivity index (χ4v) is 1.60. The Kier molecular flexibility index (Phi) is 2.30. The monoisotopic (exact) mass is 209 g/mol. The first-order valence-electron chi connectivity index (χ1n) is 4.25. The molecule has 0 N–H and O–H groups in total. The third-order valence-electron chi connectivity index (χ3n) is 2.16. The molecular weight excluding hydrogens is 201 g/mol. The Bertz CT molecular complexity index is 462. The summed E-state index contributed by atoms with van der Waals surface area (Å²) < 4.78 is 14.9. The molecule has 0 fully saturated rings. The molecule has 0 aliphatic rings. The minimum atomic E-state index is -0.385. The number of benzene rings is 1. The van der Waals surface area contributed by atoms with Gasteiger partial charge in [0.05, 0.1) is 5.02 Å². The molecule has 0 spiro atoms. The van der Waals surface area contributed by atoms with Gasteiger partial charge in [0.1, 0.15) is 5.82 Å². The number of nitrogens with zero attached hydrogens (tertiary/aromatic N) is 1. The van der Waals surface area contributed by atoms with Crippen LogP contribution in [0.4, 0.5) is 4.39 Å². The third kappa shape index (κ3) is 1.53. The predicted octanol–water partition coefficient (Wildman–Crippen LogP) is 3.48. The topological polar surface area (TPSA) is 4.93 Å². The third-order valence-corrected chi connectivity index (χ3v) is 2.45. The van der Waals surface area contributed by atoms with Crippen molar-refractivity contribution in [3.8, 4) is 11.3 Å². The molecule has 14 heavy (non-hydrogen) atoms. The molecule has 0 aliphatic carbocycles. The van der Waals surface area contributed by atoms with Crippen molar-refractivity contribution in [3.05, 3.63) is 47.4 Å². The van der Waals surface area contributed by atoms with E-state index < -0.39 is 0 Å². The van der Waals surface area contributed by atoms with Crippen LogP contribution in [0.2, 0.25) is 5.02 Å². The van der Waals surface area contributed by atoms with Gasteiger partial charge >= 0.3 is 0 Å². The van der Waals surface area contributed by atoms with Crippen molar-refractivity contribution in [1.82, 2.24) is 4.57 Å². The zero-order chi connectivity index (χ0) is 10.1. The van der Waals surface area contributed by atoms with Gasteiger partial charge in [0, 0.05) is 18.9 Å². The van der Waals surface area contributed by atoms with E-state index in [0.717, 1.165) is 11.3 Å². The normalized spacial score (nSPS) is 10.5. The summed E-state index contributed by atoms with van der Waals surface area (Å²) in [7, 11) is 1.94. The molecule has 1 aromatic heterocycles. The summed E-state index contributed by atoms with van der Waals surface area (Å²) >= 11 is 5.70. The number of hydrogen-bond acceptors (Lipinski definition) is 0. The highest BCUT2D eigenvalue weighted by Crippen LogP contribution is 2.24. The number of halogens is 2. The first-order chi connectivity index (χ1) is 6.68. The van der Waals surface area contributed by atoms with Gasteiger partial charge in [0.2, 0.25) is 0 Å². The van der Waals surface area contributed by atoms with Crippen molar-refractivity contribution in [3.63, 3.8) is 0 Å². The highest BCUT2D eigenvalue weighted by Gasteiger charge is 2.04. The first kappa shape index (κ1) is 9.28. The second-order valence-corrected chi connectivity index (χ2v) is 3.54. The molecule has 1 heterocycles. The fourth-order valence-electron chi connectivity index (χ4n) is 1.42. The average Bonchev–Trinajstić information content (AvgIpc) is 2.57. The molecule has 0 radical (unpaired) electrons. The van der Waals surface area contributed by atoms with Gasteiger partial charge in [-0.1, -0.05) is 11.6 Å². The maximum atomic E-state index is 12.9. The highest BCUT2D eigenvalue weighted by molar-refractivity contribution is 6.31. The SMILES string of the molecule is Cn1cccc1-c1ccc(F)c(Cl)c1. The maximum Gasteiger partial charge on any atom is 0.141 e. The number of aryl methyl sites for hydroxylation is 1. The van der Waals surface area contributed by atoms with Gasteiger partial charge in [-0.3, -0.25) is 0 Å². The molecular formula is C11H9ClFN. The van der Waals surface area contributed by atoms with E-state index in [1.165, 1.54) is 6.07 Å². The van der Waals surface area contributed by atoms with Crippen LogP contribution in [0.5, 0.6) is 0 Å². The minimum absolute atomic E-state index is 0.156. The van der Waals surface area contributed by atoms with Gasteiger partial charge in [-0.2, -0.15) is 0 Å². The lowest BCUT2D eigenvalue weighted by molar-refractivity contribution is 0.628. The molecule has 3 heteroatoms. The van der Waals surface area contributed by atoms with E-state index in [9.17, 15) is 4.39 Å². The number of aromatic nitrogens is 1. The lowest BCUT2D eigenvalue weighted by Gasteiger charge is -2.04. The summed E-state index contributed by atoms with van der Waals surface area (Å²) in [6.07, 6.45) is 1.94. The van der Waals surface area contributed by atoms with Crippen molar-refractivity contribution >= 4 is 11.6 Å². The van der Waals surface area contributed by atoms with E-state index >= 15 is 0 Å². The molecule has 1 aromatic carbocycles. The van der Waals surface area contributed by atoms with Crippen LogP contribution in [0.25, 0.3) is 11.3 Å². The van der Waals surface area contributed by atoms with Gasteiger partial charge in [0.15, 0.2) is 0 Å². The Morgan fingerprint density at radius 2 is 2.07 bits per heavy atom. The molecule has 0 unspecified atom stereocenters. The Morgan fingerprint density at radius 1 is 1.29 bits per heavy atom. The van der Waals surface area contributed by atoms with Crippen molar-refractivity contribution in [2.45, 2.75) is 0 Å². The van der Waals surface area contributed by atoms with Crippen molar-refractivity contribution in [2.75, 3.05) is 0 Å². The Labute approximate surface area is 86.7 Å². The summed E-state index contributed by atoms with van der Waals surface area (Å²) in [6.45, 7) is 0. The predicted molar refractivity (Wildman–Crippen MR) is 55.8 cm³/mol. The van der Waals surface area contributed by atoms with Crippen LogP contribution in [-0.4, -0.2) is 4.57 Å². The molecule has 2 rings (SSSR count). The molecule has 0 bridgehead atoms. The Hall–Kier alpha value is -1.28. The van der Waals surface area contributed by atoms with E-state index in [4.69, 9.17) is 11.6 Å². The number of rotatable bonds is 1. The molecule has 0 aliphatic heterocycles. The van der Waals surface area contributed by atoms with Crippen LogP contribution in [0.3, 0.4) is 0 Å². The zero-order valence-electron chi connectivity index (χ0n) is 7.67. The molecule has 0 atom stereocenters. The summed E-state index contributed by atoms with van der Waals surface area (Å²) in [5.74, 6) is -0.385. The second kappa shape index (κ2) is 3.46. The summed E-state index contributed by atoms with van der Waals surface area (Å²) in [5.41, 5.74) is 1.94. The van der Waals surface area contributed by atoms with E-state index in [2.05, 4.69) is 0 Å². The van der Waals surface area contributed by atoms with Crippen LogP contribution in [-0.2, 0) is 7.05 Å². The standard InChI is InChI=1S/C11H9ClFN/c1-14-6-2-3-11(14)8-4-5-10(13)9(12)7-8/h2-7H,1H3. The highest BCUT2D eigenvalue weighted by atomic mass is 35.5. The Balaban J connectivity index is 2.53. The zero-order valence-corrected chi connectivity index (χ0v) is 8.42. The van der Waals surface area contributed by atoms with Gasteiger partial charge in [-0.25, -0.2) is 4.39 Å². The van der Waals surface area contributed by atoms with Gasteiger partial charge in [0.25, 0.3) is 0 Å². The molecule has 0 saturated heterocycles. The van der Waals surface area contributed by atoms with E-state index in [1.54, 1.807) is 12.1 Å². The van der Waals surface area contributed by atoms with Crippen molar-refractivity contribution in [1.29, 1.82) is 0 Å². The van der Waals surface area contributed by atoms with Gasteiger partial charge in [-0.15, -0.1) is 0 Å². The maximum absolute atomic E-state index is 12.9. The minimum Gasteiger partial charge on any atom is -0.351 e. The smallest absolute Gasteiger partial charge is 0.141 e. The molecule has 72 valence electrons. The number of hydrogen-bond donors (Lipinski definition) is 0. The summed E-state index contributed by atoms with van der Waals surface area (Å²) in [4.78, 5) is 0. The van der Waals surface area contributed by atoms with Crippen LogP contribution >= 0.6 is 11.6 Å². The molecule has 2 aromatic rings. The lowest BCUT2D eigenvalue weighted by Crippen LogP contribution is -1.89. The van der Waals surface area contributed by atoms with E-state index in [-0.39, 0.29) is 10.8 Å². The quantitative estimate of drug-likeness (QED) is 0.678. The molecule has 0 saturated carbocycles. The fraction of sp³-hybridized carbons (Fsp3) is 0.0909. The molecule has 1 nitrogen and oxygen atoms in total. The van der Waals surface area contributed by atoms with Crippen LogP contribution in [0.15, 0.2) is 36.5 Å². The van der Waals surface area contributed by atoms with Gasteiger partial charge in [-0.05, 0) is 35.9 Å². The van der Waals surface area contributed by atoms with Crippen LogP contribution in [0.1, 0.15) is 0 Å². The van der Waals surface area contributed by atoms with E-state index in [1.807, 2.05) is 29.9 Å². The lowest BCUT2D eigenvalue weighted by atomic mass is 10.1.